The summed E-state index contributed by atoms with van der Waals surface area (Å²) < 4.78 is 18.1. The molecule has 0 spiro atoms. The SMILES string of the molecule is COc1ccc([C@@H](C(=O)NC2CCCCC2)N(C(=O)[C@H](C)n2nnc3ccccc32)c2ccc3c(c2)OCO3)cc1. The zero-order valence-electron chi connectivity index (χ0n) is 23.2. The number of carbonyl (C=O) groups excluding carboxylic acids is 2. The molecule has 1 aliphatic carbocycles. The summed E-state index contributed by atoms with van der Waals surface area (Å²) in [5, 5.41) is 11.8. The zero-order chi connectivity index (χ0) is 28.3. The molecular formula is C31H33N5O5. The molecule has 1 aromatic heterocycles. The van der Waals surface area contributed by atoms with E-state index in [1.165, 1.54) is 6.42 Å². The highest BCUT2D eigenvalue weighted by Crippen LogP contribution is 2.39. The Hall–Kier alpha value is -4.60. The van der Waals surface area contributed by atoms with Gasteiger partial charge >= 0.3 is 0 Å². The average molecular weight is 556 g/mol. The quantitative estimate of drug-likeness (QED) is 0.328. The van der Waals surface area contributed by atoms with Crippen LogP contribution in [0.1, 0.15) is 56.7 Å². The number of para-hydroxylation sites is 1. The number of nitrogens with one attached hydrogen (secondary N) is 1. The third kappa shape index (κ3) is 5.29. The third-order valence-corrected chi connectivity index (χ3v) is 7.86. The molecule has 2 heterocycles. The predicted octanol–water partition coefficient (Wildman–Crippen LogP) is 4.95. The van der Waals surface area contributed by atoms with E-state index in [-0.39, 0.29) is 24.6 Å². The Morgan fingerprint density at radius 1 is 1.00 bits per heavy atom. The molecule has 1 N–H and O–H groups in total. The van der Waals surface area contributed by atoms with Gasteiger partial charge in [-0.3, -0.25) is 14.5 Å². The van der Waals surface area contributed by atoms with Crippen LogP contribution in [0.25, 0.3) is 11.0 Å². The normalized spacial score (nSPS) is 16.2. The van der Waals surface area contributed by atoms with Gasteiger partial charge in [0.1, 0.15) is 23.3 Å². The standard InChI is InChI=1S/C31H33N5O5/c1-20(36-26-11-7-6-10-25(26)33-34-36)31(38)35(23-14-17-27-28(18-23)41-19-40-27)29(21-12-15-24(39-2)16-13-21)30(37)32-22-8-4-3-5-9-22/h6-7,10-18,20,22,29H,3-5,8-9,19H2,1-2H3,(H,32,37)/t20-,29-/m0/s1. The second kappa shape index (κ2) is 11.5. The first-order valence-corrected chi connectivity index (χ1v) is 14.0. The van der Waals surface area contributed by atoms with Crippen LogP contribution in [0.15, 0.2) is 66.7 Å². The second-order valence-electron chi connectivity index (χ2n) is 10.5. The molecule has 0 saturated heterocycles. The van der Waals surface area contributed by atoms with Gasteiger partial charge in [-0.1, -0.05) is 48.7 Å². The van der Waals surface area contributed by atoms with E-state index < -0.39 is 12.1 Å². The maximum Gasteiger partial charge on any atom is 0.252 e. The number of aromatic nitrogens is 3. The van der Waals surface area contributed by atoms with Gasteiger partial charge in [0.25, 0.3) is 5.91 Å². The largest absolute Gasteiger partial charge is 0.497 e. The van der Waals surface area contributed by atoms with Gasteiger partial charge in [0.05, 0.1) is 12.6 Å². The molecule has 2 amide bonds. The van der Waals surface area contributed by atoms with Crippen molar-refractivity contribution in [3.05, 3.63) is 72.3 Å². The van der Waals surface area contributed by atoms with Crippen molar-refractivity contribution in [3.63, 3.8) is 0 Å². The van der Waals surface area contributed by atoms with Crippen molar-refractivity contribution in [2.45, 2.75) is 57.2 Å². The van der Waals surface area contributed by atoms with Crippen molar-refractivity contribution in [1.29, 1.82) is 0 Å². The highest BCUT2D eigenvalue weighted by atomic mass is 16.7. The molecular weight excluding hydrogens is 522 g/mol. The molecule has 6 rings (SSSR count). The molecule has 1 aliphatic heterocycles. The molecule has 1 fully saturated rings. The molecule has 4 aromatic rings. The van der Waals surface area contributed by atoms with Gasteiger partial charge in [0, 0.05) is 17.8 Å². The minimum Gasteiger partial charge on any atom is -0.497 e. The number of nitrogens with zero attached hydrogens (tertiary/aromatic N) is 4. The minimum atomic E-state index is -0.965. The van der Waals surface area contributed by atoms with Crippen molar-refractivity contribution in [3.8, 4) is 17.2 Å². The van der Waals surface area contributed by atoms with Crippen LogP contribution in [0.2, 0.25) is 0 Å². The van der Waals surface area contributed by atoms with Crippen molar-refractivity contribution < 1.29 is 23.8 Å². The lowest BCUT2D eigenvalue weighted by atomic mass is 9.94. The number of amides is 2. The Morgan fingerprint density at radius 2 is 1.76 bits per heavy atom. The van der Waals surface area contributed by atoms with Crippen molar-refractivity contribution in [1.82, 2.24) is 20.3 Å². The maximum absolute atomic E-state index is 14.6. The molecule has 10 heteroatoms. The van der Waals surface area contributed by atoms with E-state index in [1.807, 2.05) is 36.4 Å². The Labute approximate surface area is 238 Å². The average Bonchev–Trinajstić information content (AvgIpc) is 3.66. The Morgan fingerprint density at radius 3 is 2.54 bits per heavy atom. The van der Waals surface area contributed by atoms with Gasteiger partial charge in [-0.2, -0.15) is 0 Å². The Bertz CT molecular complexity index is 1550. The van der Waals surface area contributed by atoms with E-state index in [0.29, 0.717) is 34.0 Å². The first-order chi connectivity index (χ1) is 20.0. The topological polar surface area (TPSA) is 108 Å². The second-order valence-corrected chi connectivity index (χ2v) is 10.5. The lowest BCUT2D eigenvalue weighted by Crippen LogP contribution is -2.48. The molecule has 41 heavy (non-hydrogen) atoms. The van der Waals surface area contributed by atoms with Crippen molar-refractivity contribution in [2.75, 3.05) is 18.8 Å². The van der Waals surface area contributed by atoms with Crippen LogP contribution >= 0.6 is 0 Å². The lowest BCUT2D eigenvalue weighted by molar-refractivity contribution is -0.128. The molecule has 212 valence electrons. The van der Waals surface area contributed by atoms with Crippen LogP contribution in [-0.2, 0) is 9.59 Å². The number of benzene rings is 3. The van der Waals surface area contributed by atoms with Crippen LogP contribution in [0.3, 0.4) is 0 Å². The summed E-state index contributed by atoms with van der Waals surface area (Å²) in [7, 11) is 1.59. The van der Waals surface area contributed by atoms with Gasteiger partial charge in [-0.15, -0.1) is 5.10 Å². The molecule has 0 bridgehead atoms. The molecule has 3 aromatic carbocycles. The number of rotatable bonds is 8. The first kappa shape index (κ1) is 26.6. The minimum absolute atomic E-state index is 0.0578. The van der Waals surface area contributed by atoms with Crippen molar-refractivity contribution >= 4 is 28.5 Å². The van der Waals surface area contributed by atoms with Crippen LogP contribution in [0.5, 0.6) is 17.2 Å². The van der Waals surface area contributed by atoms with Gasteiger partial charge < -0.3 is 19.5 Å². The van der Waals surface area contributed by atoms with E-state index in [9.17, 15) is 9.59 Å². The summed E-state index contributed by atoms with van der Waals surface area (Å²) in [4.78, 5) is 30.3. The summed E-state index contributed by atoms with van der Waals surface area (Å²) in [6.07, 6.45) is 5.14. The summed E-state index contributed by atoms with van der Waals surface area (Å²) >= 11 is 0. The fourth-order valence-electron chi connectivity index (χ4n) is 5.65. The predicted molar refractivity (Wildman–Crippen MR) is 153 cm³/mol. The number of fused-ring (bicyclic) bond motifs is 2. The molecule has 2 atom stereocenters. The summed E-state index contributed by atoms with van der Waals surface area (Å²) in [5.74, 6) is 1.19. The molecule has 2 aliphatic rings. The van der Waals surface area contributed by atoms with Crippen LogP contribution in [-0.4, -0.2) is 46.8 Å². The van der Waals surface area contributed by atoms with E-state index in [2.05, 4.69) is 15.6 Å². The van der Waals surface area contributed by atoms with E-state index in [1.54, 1.807) is 53.9 Å². The number of anilines is 1. The molecule has 10 nitrogen and oxygen atoms in total. The fourth-order valence-corrected chi connectivity index (χ4v) is 5.65. The van der Waals surface area contributed by atoms with Crippen LogP contribution in [0, 0.1) is 0 Å². The summed E-state index contributed by atoms with van der Waals surface area (Å²) in [6, 6.07) is 18.3. The monoisotopic (exact) mass is 555 g/mol. The van der Waals surface area contributed by atoms with E-state index >= 15 is 0 Å². The zero-order valence-corrected chi connectivity index (χ0v) is 23.2. The fraction of sp³-hybridized carbons (Fsp3) is 0.355. The smallest absolute Gasteiger partial charge is 0.252 e. The summed E-state index contributed by atoms with van der Waals surface area (Å²) in [6.45, 7) is 1.87. The number of methoxy groups -OCH3 is 1. The van der Waals surface area contributed by atoms with Crippen LogP contribution in [0.4, 0.5) is 5.69 Å². The number of carbonyl (C=O) groups is 2. The molecule has 0 unspecified atom stereocenters. The number of ether oxygens (including phenoxy) is 3. The van der Waals surface area contributed by atoms with Gasteiger partial charge in [0.15, 0.2) is 11.5 Å². The van der Waals surface area contributed by atoms with Crippen LogP contribution < -0.4 is 24.4 Å². The van der Waals surface area contributed by atoms with Gasteiger partial charge in [0.2, 0.25) is 12.7 Å². The van der Waals surface area contributed by atoms with Gasteiger partial charge in [-0.25, -0.2) is 4.68 Å². The Kier molecular flexibility index (Phi) is 7.45. The van der Waals surface area contributed by atoms with Gasteiger partial charge in [-0.05, 0) is 61.7 Å². The van der Waals surface area contributed by atoms with E-state index in [4.69, 9.17) is 14.2 Å². The first-order valence-electron chi connectivity index (χ1n) is 14.0. The summed E-state index contributed by atoms with van der Waals surface area (Å²) in [5.41, 5.74) is 2.58. The highest BCUT2D eigenvalue weighted by molar-refractivity contribution is 6.03. The van der Waals surface area contributed by atoms with Crippen molar-refractivity contribution in [2.24, 2.45) is 0 Å². The maximum atomic E-state index is 14.6. The Balaban J connectivity index is 1.45. The van der Waals surface area contributed by atoms with E-state index in [0.717, 1.165) is 31.2 Å². The number of hydrogen-bond acceptors (Lipinski definition) is 7. The highest BCUT2D eigenvalue weighted by Gasteiger charge is 2.38. The molecule has 1 saturated carbocycles. The molecule has 0 radical (unpaired) electrons. The number of hydrogen-bond donors (Lipinski definition) is 1. The lowest BCUT2D eigenvalue weighted by Gasteiger charge is -2.35. The third-order valence-electron chi connectivity index (χ3n) is 7.86.